The molecule has 2 aromatic rings. The summed E-state index contributed by atoms with van der Waals surface area (Å²) in [6.45, 7) is 4.78. The first-order valence-electron chi connectivity index (χ1n) is 6.80. The van der Waals surface area contributed by atoms with Gasteiger partial charge in [-0.25, -0.2) is 0 Å². The lowest BCUT2D eigenvalue weighted by molar-refractivity contribution is 0.290. The van der Waals surface area contributed by atoms with Crippen molar-refractivity contribution in [1.29, 1.82) is 0 Å². The highest BCUT2D eigenvalue weighted by atomic mass is 35.5. The monoisotopic (exact) mass is 289 g/mol. The summed E-state index contributed by atoms with van der Waals surface area (Å²) < 4.78 is 5.79. The zero-order valence-electron chi connectivity index (χ0n) is 11.8. The van der Waals surface area contributed by atoms with Crippen LogP contribution in [0.2, 0.25) is 5.02 Å². The first-order valence-corrected chi connectivity index (χ1v) is 7.18. The van der Waals surface area contributed by atoms with Crippen molar-refractivity contribution in [3.05, 3.63) is 64.7 Å². The maximum atomic E-state index is 6.12. The Morgan fingerprint density at radius 2 is 1.75 bits per heavy atom. The van der Waals surface area contributed by atoms with Crippen LogP contribution in [0.5, 0.6) is 5.75 Å². The molecule has 2 nitrogen and oxygen atoms in total. The Bertz CT molecular complexity index is 551. The van der Waals surface area contributed by atoms with Crippen LogP contribution in [0.1, 0.15) is 36.9 Å². The Balaban J connectivity index is 1.97. The van der Waals surface area contributed by atoms with E-state index in [0.29, 0.717) is 17.5 Å². The maximum absolute atomic E-state index is 6.12. The van der Waals surface area contributed by atoms with Gasteiger partial charge in [-0.3, -0.25) is 0 Å². The third kappa shape index (κ3) is 3.99. The van der Waals surface area contributed by atoms with Crippen LogP contribution < -0.4 is 10.5 Å². The molecule has 0 amide bonds. The van der Waals surface area contributed by atoms with Gasteiger partial charge in [0.15, 0.2) is 0 Å². The Hall–Kier alpha value is -1.51. The number of rotatable bonds is 5. The molecule has 1 atom stereocenters. The number of hydrogen-bond donors (Lipinski definition) is 1. The number of ether oxygens (including phenoxy) is 1. The summed E-state index contributed by atoms with van der Waals surface area (Å²) in [5, 5.41) is 0.714. The standard InChI is InChI=1S/C17H20ClNO/c1-12(2)14-4-3-5-16(10-14)20-11-17(19)13-6-8-15(18)9-7-13/h3-10,12,17H,11,19H2,1-2H3. The molecule has 0 radical (unpaired) electrons. The van der Waals surface area contributed by atoms with Gasteiger partial charge < -0.3 is 10.5 Å². The van der Waals surface area contributed by atoms with Crippen molar-refractivity contribution in [2.45, 2.75) is 25.8 Å². The molecular formula is C17H20ClNO. The van der Waals surface area contributed by atoms with Crippen LogP contribution in [-0.2, 0) is 0 Å². The molecule has 0 fully saturated rings. The molecule has 0 aliphatic carbocycles. The smallest absolute Gasteiger partial charge is 0.119 e. The number of halogens is 1. The summed E-state index contributed by atoms with van der Waals surface area (Å²) in [5.74, 6) is 1.35. The van der Waals surface area contributed by atoms with Gasteiger partial charge in [-0.1, -0.05) is 49.7 Å². The van der Waals surface area contributed by atoms with E-state index in [1.807, 2.05) is 36.4 Å². The minimum Gasteiger partial charge on any atom is -0.492 e. The third-order valence-corrected chi connectivity index (χ3v) is 3.50. The van der Waals surface area contributed by atoms with E-state index in [-0.39, 0.29) is 6.04 Å². The lowest BCUT2D eigenvalue weighted by atomic mass is 10.0. The van der Waals surface area contributed by atoms with Crippen LogP contribution >= 0.6 is 11.6 Å². The van der Waals surface area contributed by atoms with Crippen molar-refractivity contribution < 1.29 is 4.74 Å². The molecule has 0 aliphatic heterocycles. The van der Waals surface area contributed by atoms with E-state index < -0.39 is 0 Å². The van der Waals surface area contributed by atoms with Crippen LogP contribution in [0.25, 0.3) is 0 Å². The molecule has 106 valence electrons. The third-order valence-electron chi connectivity index (χ3n) is 3.25. The van der Waals surface area contributed by atoms with Gasteiger partial charge in [0.2, 0.25) is 0 Å². The molecule has 3 heteroatoms. The Morgan fingerprint density at radius 3 is 2.40 bits per heavy atom. The van der Waals surface area contributed by atoms with E-state index in [1.165, 1.54) is 5.56 Å². The fourth-order valence-electron chi connectivity index (χ4n) is 1.96. The highest BCUT2D eigenvalue weighted by Gasteiger charge is 2.07. The predicted molar refractivity (Wildman–Crippen MR) is 84.4 cm³/mol. The summed E-state index contributed by atoms with van der Waals surface area (Å²) in [4.78, 5) is 0. The fraction of sp³-hybridized carbons (Fsp3) is 0.294. The van der Waals surface area contributed by atoms with Crippen molar-refractivity contribution in [3.63, 3.8) is 0 Å². The van der Waals surface area contributed by atoms with Gasteiger partial charge in [0.1, 0.15) is 12.4 Å². The molecule has 2 N–H and O–H groups in total. The van der Waals surface area contributed by atoms with E-state index in [0.717, 1.165) is 11.3 Å². The molecule has 0 saturated carbocycles. The Labute approximate surface area is 125 Å². The molecule has 2 aromatic carbocycles. The average molecular weight is 290 g/mol. The zero-order valence-corrected chi connectivity index (χ0v) is 12.6. The second kappa shape index (κ2) is 6.78. The number of nitrogens with two attached hydrogens (primary N) is 1. The SMILES string of the molecule is CC(C)c1cccc(OCC(N)c2ccc(Cl)cc2)c1. The van der Waals surface area contributed by atoms with Crippen molar-refractivity contribution in [2.24, 2.45) is 5.73 Å². The van der Waals surface area contributed by atoms with E-state index in [2.05, 4.69) is 26.0 Å². The molecule has 1 unspecified atom stereocenters. The molecule has 20 heavy (non-hydrogen) atoms. The number of benzene rings is 2. The van der Waals surface area contributed by atoms with Crippen molar-refractivity contribution in [3.8, 4) is 5.75 Å². The van der Waals surface area contributed by atoms with Gasteiger partial charge in [-0.2, -0.15) is 0 Å². The molecule has 0 heterocycles. The quantitative estimate of drug-likeness (QED) is 0.877. The largest absolute Gasteiger partial charge is 0.492 e. The maximum Gasteiger partial charge on any atom is 0.119 e. The van der Waals surface area contributed by atoms with Crippen LogP contribution in [0, 0.1) is 0 Å². The summed E-state index contributed by atoms with van der Waals surface area (Å²) in [7, 11) is 0. The van der Waals surface area contributed by atoms with Crippen molar-refractivity contribution in [2.75, 3.05) is 6.61 Å². The molecule has 0 saturated heterocycles. The highest BCUT2D eigenvalue weighted by molar-refractivity contribution is 6.30. The molecule has 0 spiro atoms. The Morgan fingerprint density at radius 1 is 1.05 bits per heavy atom. The fourth-order valence-corrected chi connectivity index (χ4v) is 2.08. The lowest BCUT2D eigenvalue weighted by Gasteiger charge is -2.15. The average Bonchev–Trinajstić information content (AvgIpc) is 2.46. The van der Waals surface area contributed by atoms with Gasteiger partial charge >= 0.3 is 0 Å². The highest BCUT2D eigenvalue weighted by Crippen LogP contribution is 2.21. The summed E-state index contributed by atoms with van der Waals surface area (Å²) in [6.07, 6.45) is 0. The van der Waals surface area contributed by atoms with Crippen LogP contribution in [0.3, 0.4) is 0 Å². The normalized spacial score (nSPS) is 12.4. The van der Waals surface area contributed by atoms with Gasteiger partial charge in [0, 0.05) is 5.02 Å². The molecule has 2 rings (SSSR count). The van der Waals surface area contributed by atoms with Gasteiger partial charge in [0.05, 0.1) is 6.04 Å². The molecule has 0 aromatic heterocycles. The predicted octanol–water partition coefficient (Wildman–Crippen LogP) is 4.54. The van der Waals surface area contributed by atoms with E-state index in [1.54, 1.807) is 0 Å². The van der Waals surface area contributed by atoms with Crippen LogP contribution in [0.15, 0.2) is 48.5 Å². The second-order valence-electron chi connectivity index (χ2n) is 5.20. The van der Waals surface area contributed by atoms with Crippen LogP contribution in [-0.4, -0.2) is 6.61 Å². The van der Waals surface area contributed by atoms with E-state index >= 15 is 0 Å². The first-order chi connectivity index (χ1) is 9.56. The van der Waals surface area contributed by atoms with Crippen LogP contribution in [0.4, 0.5) is 0 Å². The molecule has 0 aliphatic rings. The zero-order chi connectivity index (χ0) is 14.5. The van der Waals surface area contributed by atoms with E-state index in [4.69, 9.17) is 22.1 Å². The molecular weight excluding hydrogens is 270 g/mol. The van der Waals surface area contributed by atoms with Crippen molar-refractivity contribution in [1.82, 2.24) is 0 Å². The first kappa shape index (κ1) is 14.9. The van der Waals surface area contributed by atoms with Crippen molar-refractivity contribution >= 4 is 11.6 Å². The Kier molecular flexibility index (Phi) is 5.05. The lowest BCUT2D eigenvalue weighted by Crippen LogP contribution is -2.18. The molecule has 0 bridgehead atoms. The van der Waals surface area contributed by atoms with Gasteiger partial charge in [-0.15, -0.1) is 0 Å². The van der Waals surface area contributed by atoms with E-state index in [9.17, 15) is 0 Å². The van der Waals surface area contributed by atoms with Gasteiger partial charge in [0.25, 0.3) is 0 Å². The summed E-state index contributed by atoms with van der Waals surface area (Å²) in [5.41, 5.74) is 8.41. The van der Waals surface area contributed by atoms with Gasteiger partial charge in [-0.05, 0) is 41.3 Å². The minimum atomic E-state index is -0.157. The number of hydrogen-bond acceptors (Lipinski definition) is 2. The summed E-state index contributed by atoms with van der Waals surface area (Å²) >= 11 is 5.86. The topological polar surface area (TPSA) is 35.2 Å². The second-order valence-corrected chi connectivity index (χ2v) is 5.63. The summed E-state index contributed by atoms with van der Waals surface area (Å²) in [6, 6.07) is 15.5. The minimum absolute atomic E-state index is 0.157.